The molecule has 0 aliphatic heterocycles. The summed E-state index contributed by atoms with van der Waals surface area (Å²) >= 11 is 0. The number of benzene rings is 2. The Hall–Kier alpha value is -2.06. The van der Waals surface area contributed by atoms with Gasteiger partial charge in [0.25, 0.3) is 0 Å². The molecule has 1 aromatic heterocycles. The highest BCUT2D eigenvalue weighted by Crippen LogP contribution is 2.30. The minimum absolute atomic E-state index is 0.176. The summed E-state index contributed by atoms with van der Waals surface area (Å²) in [4.78, 5) is 0. The quantitative estimate of drug-likeness (QED) is 0.754. The maximum absolute atomic E-state index is 5.66. The molecule has 2 aromatic carbocycles. The Bertz CT molecular complexity index is 657. The molecule has 3 rings (SSSR count). The maximum Gasteiger partial charge on any atom is 0.134 e. The Morgan fingerprint density at radius 1 is 1.00 bits per heavy atom. The van der Waals surface area contributed by atoms with Crippen LogP contribution in [0, 0.1) is 0 Å². The van der Waals surface area contributed by atoms with Gasteiger partial charge >= 0.3 is 0 Å². The van der Waals surface area contributed by atoms with Gasteiger partial charge < -0.3 is 9.73 Å². The van der Waals surface area contributed by atoms with Crippen LogP contribution >= 0.6 is 0 Å². The molecule has 0 bridgehead atoms. The van der Waals surface area contributed by atoms with Crippen molar-refractivity contribution in [1.82, 2.24) is 5.32 Å². The minimum Gasteiger partial charge on any atom is -0.464 e. The van der Waals surface area contributed by atoms with Crippen LogP contribution in [0.5, 0.6) is 0 Å². The van der Waals surface area contributed by atoms with E-state index in [0.717, 1.165) is 12.1 Å². The van der Waals surface area contributed by atoms with Gasteiger partial charge in [-0.1, -0.05) is 55.5 Å². The fourth-order valence-corrected chi connectivity index (χ4v) is 2.48. The topological polar surface area (TPSA) is 25.2 Å². The van der Waals surface area contributed by atoms with Gasteiger partial charge in [-0.25, -0.2) is 0 Å². The van der Waals surface area contributed by atoms with Gasteiger partial charge in [-0.15, -0.1) is 0 Å². The SMILES string of the molecule is CCNC(c1ccccc1)c1coc2ccccc12. The second-order valence-electron chi connectivity index (χ2n) is 4.59. The average molecular weight is 251 g/mol. The number of nitrogens with one attached hydrogen (secondary N) is 1. The molecular formula is C17H17NO. The van der Waals surface area contributed by atoms with Gasteiger partial charge in [0.1, 0.15) is 5.58 Å². The van der Waals surface area contributed by atoms with Crippen molar-refractivity contribution in [3.05, 3.63) is 72.0 Å². The highest BCUT2D eigenvalue weighted by molar-refractivity contribution is 5.81. The van der Waals surface area contributed by atoms with Gasteiger partial charge in [0.2, 0.25) is 0 Å². The fourth-order valence-electron chi connectivity index (χ4n) is 2.48. The van der Waals surface area contributed by atoms with Crippen molar-refractivity contribution >= 4 is 11.0 Å². The third-order valence-electron chi connectivity index (χ3n) is 3.36. The maximum atomic E-state index is 5.66. The highest BCUT2D eigenvalue weighted by Gasteiger charge is 2.17. The summed E-state index contributed by atoms with van der Waals surface area (Å²) in [6, 6.07) is 18.8. The zero-order valence-corrected chi connectivity index (χ0v) is 11.0. The fraction of sp³-hybridized carbons (Fsp3) is 0.176. The first-order valence-electron chi connectivity index (χ1n) is 6.64. The predicted molar refractivity (Wildman–Crippen MR) is 78.2 cm³/mol. The van der Waals surface area contributed by atoms with Crippen LogP contribution in [-0.4, -0.2) is 6.54 Å². The average Bonchev–Trinajstić information content (AvgIpc) is 2.89. The van der Waals surface area contributed by atoms with E-state index >= 15 is 0 Å². The van der Waals surface area contributed by atoms with Gasteiger partial charge in [-0.3, -0.25) is 0 Å². The number of para-hydroxylation sites is 1. The summed E-state index contributed by atoms with van der Waals surface area (Å²) in [5.74, 6) is 0. The second kappa shape index (κ2) is 5.29. The second-order valence-corrected chi connectivity index (χ2v) is 4.59. The van der Waals surface area contributed by atoms with Crippen LogP contribution < -0.4 is 5.32 Å². The van der Waals surface area contributed by atoms with E-state index in [0.29, 0.717) is 0 Å². The van der Waals surface area contributed by atoms with Crippen LogP contribution in [0.1, 0.15) is 24.1 Å². The van der Waals surface area contributed by atoms with Crippen molar-refractivity contribution in [3.63, 3.8) is 0 Å². The Morgan fingerprint density at radius 2 is 1.74 bits per heavy atom. The molecule has 3 aromatic rings. The first-order chi connectivity index (χ1) is 9.40. The van der Waals surface area contributed by atoms with Crippen LogP contribution in [0.25, 0.3) is 11.0 Å². The summed E-state index contributed by atoms with van der Waals surface area (Å²) in [5, 5.41) is 4.71. The van der Waals surface area contributed by atoms with Crippen molar-refractivity contribution in [2.24, 2.45) is 0 Å². The first kappa shape index (κ1) is 12.0. The zero-order chi connectivity index (χ0) is 13.1. The summed E-state index contributed by atoms with van der Waals surface area (Å²) in [7, 11) is 0. The van der Waals surface area contributed by atoms with E-state index in [1.165, 1.54) is 16.5 Å². The minimum atomic E-state index is 0.176. The molecule has 1 unspecified atom stereocenters. The van der Waals surface area contributed by atoms with Crippen LogP contribution in [0.2, 0.25) is 0 Å². The molecule has 96 valence electrons. The smallest absolute Gasteiger partial charge is 0.134 e. The number of fused-ring (bicyclic) bond motifs is 1. The molecule has 0 aliphatic carbocycles. The predicted octanol–water partition coefficient (Wildman–Crippen LogP) is 4.13. The highest BCUT2D eigenvalue weighted by atomic mass is 16.3. The normalized spacial score (nSPS) is 12.7. The Labute approximate surface area is 113 Å². The molecule has 0 radical (unpaired) electrons. The number of furan rings is 1. The lowest BCUT2D eigenvalue weighted by Gasteiger charge is -2.17. The molecular weight excluding hydrogens is 234 g/mol. The van der Waals surface area contributed by atoms with Gasteiger partial charge in [0, 0.05) is 10.9 Å². The van der Waals surface area contributed by atoms with Gasteiger partial charge in [-0.05, 0) is 18.2 Å². The monoisotopic (exact) mass is 251 g/mol. The lowest BCUT2D eigenvalue weighted by molar-refractivity contribution is 0.584. The van der Waals surface area contributed by atoms with Crippen LogP contribution in [0.3, 0.4) is 0 Å². The van der Waals surface area contributed by atoms with Crippen molar-refractivity contribution in [1.29, 1.82) is 0 Å². The lowest BCUT2D eigenvalue weighted by atomic mass is 9.98. The van der Waals surface area contributed by atoms with Crippen LogP contribution in [0.15, 0.2) is 65.3 Å². The molecule has 0 spiro atoms. The van der Waals surface area contributed by atoms with Crippen molar-refractivity contribution in [2.45, 2.75) is 13.0 Å². The summed E-state index contributed by atoms with van der Waals surface area (Å²) in [5.41, 5.74) is 3.40. The van der Waals surface area contributed by atoms with Gasteiger partial charge in [0.15, 0.2) is 0 Å². The molecule has 0 amide bonds. The largest absolute Gasteiger partial charge is 0.464 e. The third-order valence-corrected chi connectivity index (χ3v) is 3.36. The molecule has 0 aliphatic rings. The summed E-state index contributed by atoms with van der Waals surface area (Å²) in [6.45, 7) is 3.04. The molecule has 0 saturated carbocycles. The van der Waals surface area contributed by atoms with Crippen LogP contribution in [-0.2, 0) is 0 Å². The summed E-state index contributed by atoms with van der Waals surface area (Å²) < 4.78 is 5.66. The Kier molecular flexibility index (Phi) is 3.34. The van der Waals surface area contributed by atoms with E-state index in [1.807, 2.05) is 24.5 Å². The van der Waals surface area contributed by atoms with Gasteiger partial charge in [-0.2, -0.15) is 0 Å². The molecule has 2 nitrogen and oxygen atoms in total. The standard InChI is InChI=1S/C17H17NO/c1-2-18-17(13-8-4-3-5-9-13)15-12-19-16-11-7-6-10-14(15)16/h3-12,17-18H,2H2,1H3. The van der Waals surface area contributed by atoms with Crippen molar-refractivity contribution in [2.75, 3.05) is 6.54 Å². The molecule has 19 heavy (non-hydrogen) atoms. The van der Waals surface area contributed by atoms with E-state index < -0.39 is 0 Å². The number of rotatable bonds is 4. The van der Waals surface area contributed by atoms with Gasteiger partial charge in [0.05, 0.1) is 12.3 Å². The van der Waals surface area contributed by atoms with E-state index in [4.69, 9.17) is 4.42 Å². The van der Waals surface area contributed by atoms with E-state index in [2.05, 4.69) is 48.6 Å². The van der Waals surface area contributed by atoms with Crippen molar-refractivity contribution < 1.29 is 4.42 Å². The van der Waals surface area contributed by atoms with E-state index in [9.17, 15) is 0 Å². The molecule has 1 N–H and O–H groups in total. The number of hydrogen-bond donors (Lipinski definition) is 1. The Balaban J connectivity index is 2.10. The lowest BCUT2D eigenvalue weighted by Crippen LogP contribution is -2.21. The van der Waals surface area contributed by atoms with Crippen LogP contribution in [0.4, 0.5) is 0 Å². The summed E-state index contributed by atoms with van der Waals surface area (Å²) in [6.07, 6.45) is 1.87. The molecule has 1 atom stereocenters. The van der Waals surface area contributed by atoms with E-state index in [1.54, 1.807) is 0 Å². The van der Waals surface area contributed by atoms with E-state index in [-0.39, 0.29) is 6.04 Å². The molecule has 2 heteroatoms. The molecule has 0 fully saturated rings. The molecule has 1 heterocycles. The first-order valence-corrected chi connectivity index (χ1v) is 6.64. The Morgan fingerprint density at radius 3 is 2.53 bits per heavy atom. The van der Waals surface area contributed by atoms with Crippen molar-refractivity contribution in [3.8, 4) is 0 Å². The zero-order valence-electron chi connectivity index (χ0n) is 11.0. The number of hydrogen-bond acceptors (Lipinski definition) is 2. The molecule has 0 saturated heterocycles. The third kappa shape index (κ3) is 2.27.